The summed E-state index contributed by atoms with van der Waals surface area (Å²) in [7, 11) is 0. The SMILES string of the molecule is C[C@@H]1CNC(=O)c2cc3ccc(C(=O)O)cc3n2[C@H]1C. The molecule has 1 aromatic carbocycles. The number of hydrogen-bond acceptors (Lipinski definition) is 2. The Morgan fingerprint density at radius 1 is 1.35 bits per heavy atom. The molecule has 2 N–H and O–H groups in total. The molecule has 5 heteroatoms. The fourth-order valence-corrected chi connectivity index (χ4v) is 2.74. The molecule has 0 spiro atoms. The molecular weight excluding hydrogens is 256 g/mol. The van der Waals surface area contributed by atoms with E-state index in [1.807, 2.05) is 10.6 Å². The van der Waals surface area contributed by atoms with Crippen LogP contribution in [0, 0.1) is 5.92 Å². The number of aromatic nitrogens is 1. The molecular formula is C15H16N2O3. The summed E-state index contributed by atoms with van der Waals surface area (Å²) < 4.78 is 1.95. The van der Waals surface area contributed by atoms with Gasteiger partial charge in [-0.1, -0.05) is 13.0 Å². The van der Waals surface area contributed by atoms with Crippen molar-refractivity contribution in [3.8, 4) is 0 Å². The number of nitrogens with zero attached hydrogens (tertiary/aromatic N) is 1. The summed E-state index contributed by atoms with van der Waals surface area (Å²) in [6.07, 6.45) is 0. The fourth-order valence-electron chi connectivity index (χ4n) is 2.74. The van der Waals surface area contributed by atoms with Crippen LogP contribution in [0.25, 0.3) is 10.9 Å². The van der Waals surface area contributed by atoms with Gasteiger partial charge in [0.1, 0.15) is 5.69 Å². The largest absolute Gasteiger partial charge is 0.478 e. The lowest BCUT2D eigenvalue weighted by Crippen LogP contribution is -2.26. The number of carboxylic acids is 1. The monoisotopic (exact) mass is 272 g/mol. The van der Waals surface area contributed by atoms with E-state index in [1.54, 1.807) is 18.2 Å². The maximum atomic E-state index is 12.1. The Kier molecular flexibility index (Phi) is 2.78. The molecule has 0 fully saturated rings. The number of benzene rings is 1. The number of hydrogen-bond donors (Lipinski definition) is 2. The average Bonchev–Trinajstić information content (AvgIpc) is 2.77. The lowest BCUT2D eigenvalue weighted by Gasteiger charge is -2.20. The average molecular weight is 272 g/mol. The van der Waals surface area contributed by atoms with Gasteiger partial charge in [0.2, 0.25) is 0 Å². The minimum atomic E-state index is -0.957. The quantitative estimate of drug-likeness (QED) is 0.836. The van der Waals surface area contributed by atoms with Gasteiger partial charge in [-0.3, -0.25) is 4.79 Å². The van der Waals surface area contributed by atoms with Crippen molar-refractivity contribution < 1.29 is 14.7 Å². The maximum absolute atomic E-state index is 12.1. The standard InChI is InChI=1S/C15H16N2O3/c1-8-7-16-14(18)13-5-10-3-4-11(15(19)20)6-12(10)17(13)9(8)2/h3-6,8-9H,7H2,1-2H3,(H,16,18)(H,19,20)/t8-,9+/m1/s1. The van der Waals surface area contributed by atoms with E-state index in [2.05, 4.69) is 19.2 Å². The first-order valence-electron chi connectivity index (χ1n) is 6.65. The van der Waals surface area contributed by atoms with Crippen LogP contribution in [0.5, 0.6) is 0 Å². The number of fused-ring (bicyclic) bond motifs is 3. The van der Waals surface area contributed by atoms with Crippen LogP contribution in [-0.4, -0.2) is 28.1 Å². The van der Waals surface area contributed by atoms with Gasteiger partial charge in [0.25, 0.3) is 5.91 Å². The van der Waals surface area contributed by atoms with Crippen LogP contribution in [-0.2, 0) is 0 Å². The summed E-state index contributed by atoms with van der Waals surface area (Å²) in [4.78, 5) is 23.3. The van der Waals surface area contributed by atoms with E-state index < -0.39 is 5.97 Å². The molecule has 0 radical (unpaired) electrons. The molecule has 20 heavy (non-hydrogen) atoms. The molecule has 0 saturated carbocycles. The molecule has 1 aliphatic heterocycles. The van der Waals surface area contributed by atoms with Crippen molar-refractivity contribution in [2.75, 3.05) is 6.54 Å². The zero-order valence-corrected chi connectivity index (χ0v) is 11.4. The molecule has 5 nitrogen and oxygen atoms in total. The van der Waals surface area contributed by atoms with Crippen molar-refractivity contribution in [1.82, 2.24) is 9.88 Å². The van der Waals surface area contributed by atoms with Gasteiger partial charge in [-0.2, -0.15) is 0 Å². The van der Waals surface area contributed by atoms with Gasteiger partial charge in [0, 0.05) is 23.5 Å². The molecule has 0 saturated heterocycles. The van der Waals surface area contributed by atoms with Crippen LogP contribution in [0.3, 0.4) is 0 Å². The highest BCUT2D eigenvalue weighted by Gasteiger charge is 2.27. The summed E-state index contributed by atoms with van der Waals surface area (Å²) in [6.45, 7) is 4.76. The van der Waals surface area contributed by atoms with Crippen LogP contribution >= 0.6 is 0 Å². The number of carboxylic acid groups (broad SMARTS) is 1. The molecule has 1 amide bonds. The number of rotatable bonds is 1. The Morgan fingerprint density at radius 2 is 2.10 bits per heavy atom. The van der Waals surface area contributed by atoms with Crippen LogP contribution in [0.1, 0.15) is 40.7 Å². The number of amides is 1. The molecule has 2 heterocycles. The van der Waals surface area contributed by atoms with E-state index in [0.29, 0.717) is 12.2 Å². The number of carbonyl (C=O) groups is 2. The number of aromatic carboxylic acids is 1. The first-order valence-corrected chi connectivity index (χ1v) is 6.65. The third-order valence-corrected chi connectivity index (χ3v) is 4.14. The molecule has 104 valence electrons. The second-order valence-electron chi connectivity index (χ2n) is 5.41. The Labute approximate surface area is 116 Å². The van der Waals surface area contributed by atoms with Gasteiger partial charge in [-0.25, -0.2) is 4.79 Å². The van der Waals surface area contributed by atoms with Crippen molar-refractivity contribution in [1.29, 1.82) is 0 Å². The van der Waals surface area contributed by atoms with E-state index >= 15 is 0 Å². The lowest BCUT2D eigenvalue weighted by atomic mass is 10.0. The van der Waals surface area contributed by atoms with Crippen LogP contribution in [0.4, 0.5) is 0 Å². The van der Waals surface area contributed by atoms with Crippen molar-refractivity contribution in [3.05, 3.63) is 35.5 Å². The second-order valence-corrected chi connectivity index (χ2v) is 5.41. The van der Waals surface area contributed by atoms with E-state index in [0.717, 1.165) is 10.9 Å². The Morgan fingerprint density at radius 3 is 2.80 bits per heavy atom. The third kappa shape index (κ3) is 1.78. The van der Waals surface area contributed by atoms with Gasteiger partial charge >= 0.3 is 5.97 Å². The van der Waals surface area contributed by atoms with E-state index in [-0.39, 0.29) is 23.4 Å². The molecule has 1 aromatic heterocycles. The molecule has 3 rings (SSSR count). The molecule has 0 bridgehead atoms. The first-order chi connectivity index (χ1) is 9.49. The topological polar surface area (TPSA) is 71.3 Å². The zero-order chi connectivity index (χ0) is 14.4. The highest BCUT2D eigenvalue weighted by atomic mass is 16.4. The first kappa shape index (κ1) is 12.7. The van der Waals surface area contributed by atoms with Crippen LogP contribution in [0.2, 0.25) is 0 Å². The zero-order valence-electron chi connectivity index (χ0n) is 11.4. The van der Waals surface area contributed by atoms with Crippen molar-refractivity contribution >= 4 is 22.8 Å². The summed E-state index contributed by atoms with van der Waals surface area (Å²) >= 11 is 0. The highest BCUT2D eigenvalue weighted by Crippen LogP contribution is 2.30. The van der Waals surface area contributed by atoms with Gasteiger partial charge < -0.3 is 15.0 Å². The second kappa shape index (κ2) is 4.37. The van der Waals surface area contributed by atoms with Crippen LogP contribution in [0.15, 0.2) is 24.3 Å². The summed E-state index contributed by atoms with van der Waals surface area (Å²) in [5.41, 5.74) is 1.64. The Bertz CT molecular complexity index is 717. The third-order valence-electron chi connectivity index (χ3n) is 4.14. The molecule has 2 atom stereocenters. The predicted octanol–water partition coefficient (Wildman–Crippen LogP) is 2.28. The van der Waals surface area contributed by atoms with Crippen molar-refractivity contribution in [2.24, 2.45) is 5.92 Å². The Balaban J connectivity index is 2.30. The van der Waals surface area contributed by atoms with Crippen molar-refractivity contribution in [2.45, 2.75) is 19.9 Å². The molecule has 1 aliphatic rings. The summed E-state index contributed by atoms with van der Waals surface area (Å²) in [5.74, 6) is -0.778. The van der Waals surface area contributed by atoms with Crippen LogP contribution < -0.4 is 5.32 Å². The van der Waals surface area contributed by atoms with Gasteiger partial charge in [-0.15, -0.1) is 0 Å². The normalized spacial score (nSPS) is 22.2. The van der Waals surface area contributed by atoms with E-state index in [1.165, 1.54) is 0 Å². The fraction of sp³-hybridized carbons (Fsp3) is 0.333. The van der Waals surface area contributed by atoms with Gasteiger partial charge in [-0.05, 0) is 31.0 Å². The Hall–Kier alpha value is -2.30. The minimum absolute atomic E-state index is 0.103. The van der Waals surface area contributed by atoms with Gasteiger partial charge in [0.05, 0.1) is 5.56 Å². The smallest absolute Gasteiger partial charge is 0.335 e. The van der Waals surface area contributed by atoms with Gasteiger partial charge in [0.15, 0.2) is 0 Å². The van der Waals surface area contributed by atoms with Crippen molar-refractivity contribution in [3.63, 3.8) is 0 Å². The number of carbonyl (C=O) groups excluding carboxylic acids is 1. The molecule has 2 aromatic rings. The minimum Gasteiger partial charge on any atom is -0.478 e. The lowest BCUT2D eigenvalue weighted by molar-refractivity contribution is 0.0696. The number of nitrogens with one attached hydrogen (secondary N) is 1. The molecule has 0 aliphatic carbocycles. The maximum Gasteiger partial charge on any atom is 0.335 e. The summed E-state index contributed by atoms with van der Waals surface area (Å²) in [6, 6.07) is 6.92. The van der Waals surface area contributed by atoms with E-state index in [9.17, 15) is 9.59 Å². The highest BCUT2D eigenvalue weighted by molar-refractivity contribution is 6.01. The van der Waals surface area contributed by atoms with E-state index in [4.69, 9.17) is 5.11 Å². The predicted molar refractivity (Wildman–Crippen MR) is 75.1 cm³/mol. The molecule has 0 unspecified atom stereocenters. The summed E-state index contributed by atoms with van der Waals surface area (Å²) in [5, 5.41) is 12.9.